The van der Waals surface area contributed by atoms with Crippen LogP contribution < -0.4 is 5.32 Å². The fourth-order valence-corrected chi connectivity index (χ4v) is 3.84. The number of alkyl halides is 3. The van der Waals surface area contributed by atoms with Crippen LogP contribution in [0.5, 0.6) is 0 Å². The van der Waals surface area contributed by atoms with Crippen LogP contribution in [0.1, 0.15) is 23.4 Å². The molecule has 0 radical (unpaired) electrons. The summed E-state index contributed by atoms with van der Waals surface area (Å²) < 4.78 is 38.2. The Kier molecular flexibility index (Phi) is 6.57. The summed E-state index contributed by atoms with van der Waals surface area (Å²) in [6.07, 6.45) is -4.41. The Hall–Kier alpha value is -1.74. The van der Waals surface area contributed by atoms with E-state index in [1.807, 2.05) is 19.0 Å². The van der Waals surface area contributed by atoms with E-state index in [9.17, 15) is 22.8 Å². The molecule has 1 aromatic carbocycles. The van der Waals surface area contributed by atoms with Crippen molar-refractivity contribution in [3.05, 3.63) is 35.4 Å². The summed E-state index contributed by atoms with van der Waals surface area (Å²) in [4.78, 5) is 27.8. The van der Waals surface area contributed by atoms with Crippen LogP contribution in [-0.4, -0.2) is 60.6 Å². The Morgan fingerprint density at radius 2 is 1.88 bits per heavy atom. The van der Waals surface area contributed by atoms with Gasteiger partial charge in [0.15, 0.2) is 0 Å². The van der Waals surface area contributed by atoms with Crippen molar-refractivity contribution in [2.24, 2.45) is 0 Å². The van der Waals surface area contributed by atoms with Crippen molar-refractivity contribution >= 4 is 23.6 Å². The zero-order valence-corrected chi connectivity index (χ0v) is 15.7. The lowest BCUT2D eigenvalue weighted by atomic mass is 10.1. The van der Waals surface area contributed by atoms with Gasteiger partial charge in [0.2, 0.25) is 11.8 Å². The molecule has 1 aliphatic rings. The number of benzene rings is 1. The summed E-state index contributed by atoms with van der Waals surface area (Å²) in [6.45, 7) is 2.75. The van der Waals surface area contributed by atoms with Crippen LogP contribution in [0.2, 0.25) is 0 Å². The molecule has 144 valence electrons. The third kappa shape index (κ3) is 5.14. The van der Waals surface area contributed by atoms with Gasteiger partial charge < -0.3 is 15.1 Å². The van der Waals surface area contributed by atoms with Gasteiger partial charge in [0.05, 0.1) is 10.8 Å². The second-order valence-electron chi connectivity index (χ2n) is 6.37. The van der Waals surface area contributed by atoms with E-state index in [0.29, 0.717) is 18.7 Å². The number of amides is 2. The minimum Gasteiger partial charge on any atom is -0.353 e. The van der Waals surface area contributed by atoms with Gasteiger partial charge in [0.25, 0.3) is 0 Å². The predicted molar refractivity (Wildman–Crippen MR) is 94.5 cm³/mol. The Morgan fingerprint density at radius 3 is 2.42 bits per heavy atom. The summed E-state index contributed by atoms with van der Waals surface area (Å²) in [5.74, 6) is -0.477. The maximum absolute atomic E-state index is 12.7. The first kappa shape index (κ1) is 20.6. The molecule has 5 nitrogen and oxygen atoms in total. The van der Waals surface area contributed by atoms with Crippen molar-refractivity contribution in [2.45, 2.75) is 23.7 Å². The molecule has 2 atom stereocenters. The molecule has 1 heterocycles. The summed E-state index contributed by atoms with van der Waals surface area (Å²) >= 11 is 1.33. The number of hydrogen-bond acceptors (Lipinski definition) is 4. The van der Waals surface area contributed by atoms with Crippen LogP contribution >= 0.6 is 11.8 Å². The molecule has 1 fully saturated rings. The van der Waals surface area contributed by atoms with E-state index in [2.05, 4.69) is 5.32 Å². The molecule has 2 amide bonds. The summed E-state index contributed by atoms with van der Waals surface area (Å²) in [6, 6.07) is 4.73. The molecule has 2 rings (SSSR count). The lowest BCUT2D eigenvalue weighted by Gasteiger charge is -2.24. The Labute approximate surface area is 154 Å². The van der Waals surface area contributed by atoms with Crippen molar-refractivity contribution in [1.82, 2.24) is 15.1 Å². The highest BCUT2D eigenvalue weighted by molar-refractivity contribution is 8.01. The summed E-state index contributed by atoms with van der Waals surface area (Å²) in [7, 11) is 3.77. The molecule has 0 unspecified atom stereocenters. The first-order chi connectivity index (χ1) is 12.1. The minimum absolute atomic E-state index is 0.116. The van der Waals surface area contributed by atoms with E-state index in [0.717, 1.165) is 12.1 Å². The lowest BCUT2D eigenvalue weighted by Crippen LogP contribution is -2.41. The molecular formula is C17H22F3N3O2S. The second kappa shape index (κ2) is 8.30. The van der Waals surface area contributed by atoms with Gasteiger partial charge in [-0.15, -0.1) is 11.8 Å². The molecule has 26 heavy (non-hydrogen) atoms. The number of rotatable bonds is 6. The summed E-state index contributed by atoms with van der Waals surface area (Å²) in [5, 5.41) is 1.92. The van der Waals surface area contributed by atoms with E-state index >= 15 is 0 Å². The zero-order valence-electron chi connectivity index (χ0n) is 14.8. The molecule has 9 heteroatoms. The maximum atomic E-state index is 12.7. The second-order valence-corrected chi connectivity index (χ2v) is 7.80. The van der Waals surface area contributed by atoms with Crippen molar-refractivity contribution in [1.29, 1.82) is 0 Å². The summed E-state index contributed by atoms with van der Waals surface area (Å²) in [5.41, 5.74) is -0.168. The maximum Gasteiger partial charge on any atom is 0.416 e. The minimum atomic E-state index is -4.41. The SMILES string of the molecule is C[C@@H]1S[C@@H](c2ccc(C(F)(F)F)cc2)N(CC(=O)NCCN(C)C)C1=O. The van der Waals surface area contributed by atoms with E-state index < -0.39 is 17.1 Å². The van der Waals surface area contributed by atoms with Gasteiger partial charge in [-0.25, -0.2) is 0 Å². The standard InChI is InChI=1S/C17H22F3N3O2S/c1-11-15(25)23(10-14(24)21-8-9-22(2)3)16(26-11)12-4-6-13(7-5-12)17(18,19)20/h4-7,11,16H,8-10H2,1-3H3,(H,21,24)/t11-,16-/m0/s1. The quantitative estimate of drug-likeness (QED) is 0.812. The topological polar surface area (TPSA) is 52.7 Å². The number of hydrogen-bond donors (Lipinski definition) is 1. The Balaban J connectivity index is 2.08. The first-order valence-electron chi connectivity index (χ1n) is 8.14. The Bertz CT molecular complexity index is 650. The van der Waals surface area contributed by atoms with Crippen LogP contribution in [0.25, 0.3) is 0 Å². The van der Waals surface area contributed by atoms with Crippen molar-refractivity contribution in [3.63, 3.8) is 0 Å². The number of carbonyl (C=O) groups excluding carboxylic acids is 2. The van der Waals surface area contributed by atoms with Crippen molar-refractivity contribution in [3.8, 4) is 0 Å². The number of nitrogens with one attached hydrogen (secondary N) is 1. The molecular weight excluding hydrogens is 367 g/mol. The lowest BCUT2D eigenvalue weighted by molar-refractivity contribution is -0.137. The van der Waals surface area contributed by atoms with Gasteiger partial charge >= 0.3 is 6.18 Å². The van der Waals surface area contributed by atoms with Crippen molar-refractivity contribution in [2.75, 3.05) is 33.7 Å². The monoisotopic (exact) mass is 389 g/mol. The van der Waals surface area contributed by atoms with Gasteiger partial charge in [-0.3, -0.25) is 9.59 Å². The highest BCUT2D eigenvalue weighted by atomic mass is 32.2. The highest BCUT2D eigenvalue weighted by Gasteiger charge is 2.39. The van der Waals surface area contributed by atoms with Gasteiger partial charge in [0, 0.05) is 13.1 Å². The molecule has 1 aromatic rings. The zero-order chi connectivity index (χ0) is 19.5. The van der Waals surface area contributed by atoms with Crippen LogP contribution in [0.4, 0.5) is 13.2 Å². The van der Waals surface area contributed by atoms with E-state index in [1.54, 1.807) is 6.92 Å². The van der Waals surface area contributed by atoms with Crippen LogP contribution in [0, 0.1) is 0 Å². The van der Waals surface area contributed by atoms with E-state index in [1.165, 1.54) is 28.8 Å². The fraction of sp³-hybridized carbons (Fsp3) is 0.529. The average Bonchev–Trinajstić information content (AvgIpc) is 2.82. The van der Waals surface area contributed by atoms with E-state index in [-0.39, 0.29) is 23.6 Å². The number of halogens is 3. The Morgan fingerprint density at radius 1 is 1.27 bits per heavy atom. The average molecular weight is 389 g/mol. The molecule has 0 aliphatic carbocycles. The normalized spacial score (nSPS) is 20.7. The molecule has 1 N–H and O–H groups in total. The molecule has 0 aromatic heterocycles. The third-order valence-corrected chi connectivity index (χ3v) is 5.36. The third-order valence-electron chi connectivity index (χ3n) is 3.97. The number of likely N-dealkylation sites (N-methyl/N-ethyl adjacent to an activating group) is 1. The molecule has 0 spiro atoms. The van der Waals surface area contributed by atoms with Gasteiger partial charge in [-0.1, -0.05) is 12.1 Å². The van der Waals surface area contributed by atoms with E-state index in [4.69, 9.17) is 0 Å². The van der Waals surface area contributed by atoms with Crippen LogP contribution in [0.3, 0.4) is 0 Å². The smallest absolute Gasteiger partial charge is 0.353 e. The van der Waals surface area contributed by atoms with Gasteiger partial charge in [0.1, 0.15) is 11.9 Å². The number of carbonyl (C=O) groups is 2. The largest absolute Gasteiger partial charge is 0.416 e. The fourth-order valence-electron chi connectivity index (χ4n) is 2.56. The number of thioether (sulfide) groups is 1. The van der Waals surface area contributed by atoms with Crippen molar-refractivity contribution < 1.29 is 22.8 Å². The number of nitrogens with zero attached hydrogens (tertiary/aromatic N) is 2. The predicted octanol–water partition coefficient (Wildman–Crippen LogP) is 2.35. The molecule has 1 aliphatic heterocycles. The first-order valence-corrected chi connectivity index (χ1v) is 9.08. The van der Waals surface area contributed by atoms with Crippen LogP contribution in [-0.2, 0) is 15.8 Å². The molecule has 0 saturated carbocycles. The molecule has 0 bridgehead atoms. The van der Waals surface area contributed by atoms with Gasteiger partial charge in [-0.05, 0) is 38.7 Å². The molecule has 1 saturated heterocycles. The van der Waals surface area contributed by atoms with Crippen LogP contribution in [0.15, 0.2) is 24.3 Å². The highest BCUT2D eigenvalue weighted by Crippen LogP contribution is 2.43. The van der Waals surface area contributed by atoms with Gasteiger partial charge in [-0.2, -0.15) is 13.2 Å².